The second kappa shape index (κ2) is 9.49. The zero-order valence-corrected chi connectivity index (χ0v) is 17.9. The minimum Gasteiger partial charge on any atom is -0.335 e. The van der Waals surface area contributed by atoms with Gasteiger partial charge >= 0.3 is 0 Å². The lowest BCUT2D eigenvalue weighted by Gasteiger charge is -2.29. The van der Waals surface area contributed by atoms with Crippen LogP contribution in [0.25, 0.3) is 11.4 Å². The van der Waals surface area contributed by atoms with E-state index in [1.165, 1.54) is 16.4 Å². The molecule has 0 aliphatic rings. The molecule has 7 heteroatoms. The predicted octanol–water partition coefficient (Wildman–Crippen LogP) is 4.00. The van der Waals surface area contributed by atoms with E-state index in [4.69, 9.17) is 5.84 Å². The highest BCUT2D eigenvalue weighted by molar-refractivity contribution is 7.99. The van der Waals surface area contributed by atoms with E-state index in [9.17, 15) is 4.79 Å². The number of carbonyl (C=O) groups excluding carboxylic acids is 1. The molecule has 156 valence electrons. The average molecular weight is 430 g/mol. The van der Waals surface area contributed by atoms with Crippen molar-refractivity contribution in [3.05, 3.63) is 102 Å². The third-order valence-corrected chi connectivity index (χ3v) is 5.96. The normalized spacial score (nSPS) is 10.9. The molecule has 6 nitrogen and oxygen atoms in total. The molecule has 4 aromatic rings. The monoisotopic (exact) mass is 429 g/mol. The fourth-order valence-electron chi connectivity index (χ4n) is 3.44. The number of amides is 1. The van der Waals surface area contributed by atoms with Crippen LogP contribution in [0.2, 0.25) is 0 Å². The van der Waals surface area contributed by atoms with E-state index in [-0.39, 0.29) is 17.7 Å². The molecule has 3 aromatic carbocycles. The molecule has 0 radical (unpaired) electrons. The Kier molecular flexibility index (Phi) is 6.33. The number of rotatable bonds is 7. The van der Waals surface area contributed by atoms with Gasteiger partial charge in [-0.2, -0.15) is 0 Å². The highest BCUT2D eigenvalue weighted by Crippen LogP contribution is 2.29. The summed E-state index contributed by atoms with van der Waals surface area (Å²) in [6, 6.07) is 29.5. The Bertz CT molecular complexity index is 1090. The van der Waals surface area contributed by atoms with Gasteiger partial charge in [0.1, 0.15) is 0 Å². The van der Waals surface area contributed by atoms with Crippen LogP contribution >= 0.6 is 11.8 Å². The molecule has 0 saturated carbocycles. The van der Waals surface area contributed by atoms with E-state index in [1.807, 2.05) is 98.0 Å². The van der Waals surface area contributed by atoms with Gasteiger partial charge in [-0.15, -0.1) is 10.2 Å². The topological polar surface area (TPSA) is 77.0 Å². The second-order valence-electron chi connectivity index (χ2n) is 7.06. The first-order valence-electron chi connectivity index (χ1n) is 9.89. The van der Waals surface area contributed by atoms with Gasteiger partial charge in [-0.25, -0.2) is 4.68 Å². The molecule has 4 rings (SSSR count). The van der Waals surface area contributed by atoms with Crippen molar-refractivity contribution in [3.8, 4) is 11.4 Å². The Morgan fingerprint density at radius 1 is 0.903 bits per heavy atom. The van der Waals surface area contributed by atoms with Crippen molar-refractivity contribution in [3.63, 3.8) is 0 Å². The molecule has 0 fully saturated rings. The summed E-state index contributed by atoms with van der Waals surface area (Å²) in [6.45, 7) is 0. The zero-order chi connectivity index (χ0) is 21.6. The number of hydrogen-bond donors (Lipinski definition) is 1. The average Bonchev–Trinajstić information content (AvgIpc) is 3.19. The summed E-state index contributed by atoms with van der Waals surface area (Å²) in [4.78, 5) is 14.9. The molecule has 0 spiro atoms. The minimum absolute atomic E-state index is 0.0213. The quantitative estimate of drug-likeness (QED) is 0.355. The van der Waals surface area contributed by atoms with Gasteiger partial charge in [-0.1, -0.05) is 103 Å². The lowest BCUT2D eigenvalue weighted by atomic mass is 9.97. The van der Waals surface area contributed by atoms with Crippen LogP contribution in [0.1, 0.15) is 17.2 Å². The van der Waals surface area contributed by atoms with E-state index in [0.29, 0.717) is 11.0 Å². The van der Waals surface area contributed by atoms with Crippen LogP contribution in [0, 0.1) is 0 Å². The van der Waals surface area contributed by atoms with Gasteiger partial charge in [0.15, 0.2) is 5.82 Å². The molecule has 1 amide bonds. The number of hydrogen-bond acceptors (Lipinski definition) is 5. The van der Waals surface area contributed by atoms with Crippen LogP contribution in [-0.4, -0.2) is 38.5 Å². The molecular formula is C24H23N5OS. The molecule has 0 aliphatic carbocycles. The third kappa shape index (κ3) is 4.62. The van der Waals surface area contributed by atoms with E-state index in [2.05, 4.69) is 10.2 Å². The fraction of sp³-hybridized carbons (Fsp3) is 0.125. The van der Waals surface area contributed by atoms with Crippen molar-refractivity contribution in [1.29, 1.82) is 0 Å². The third-order valence-electron chi connectivity index (χ3n) is 5.03. The number of nitrogens with zero attached hydrogens (tertiary/aromatic N) is 4. The Balaban J connectivity index is 1.51. The summed E-state index contributed by atoms with van der Waals surface area (Å²) in [5.74, 6) is 6.93. The van der Waals surface area contributed by atoms with Gasteiger partial charge in [-0.05, 0) is 11.1 Å². The molecule has 31 heavy (non-hydrogen) atoms. The Labute approximate surface area is 185 Å². The summed E-state index contributed by atoms with van der Waals surface area (Å²) >= 11 is 1.28. The fourth-order valence-corrected chi connectivity index (χ4v) is 4.22. The first-order chi connectivity index (χ1) is 15.1. The van der Waals surface area contributed by atoms with E-state index in [1.54, 1.807) is 4.90 Å². The number of thioether (sulfide) groups is 1. The van der Waals surface area contributed by atoms with Crippen LogP contribution in [-0.2, 0) is 4.79 Å². The molecule has 0 unspecified atom stereocenters. The van der Waals surface area contributed by atoms with Crippen molar-refractivity contribution < 1.29 is 4.79 Å². The summed E-state index contributed by atoms with van der Waals surface area (Å²) in [7, 11) is 1.83. The standard InChI is InChI=1S/C24H23N5OS/c1-28(22(18-11-5-2-6-12-18)19-13-7-3-8-14-19)21(30)17-31-24-27-26-23(29(24)25)20-15-9-4-10-16-20/h2-16,22H,17,25H2,1H3. The van der Waals surface area contributed by atoms with Gasteiger partial charge in [0.2, 0.25) is 11.1 Å². The number of nitrogen functional groups attached to an aromatic ring is 1. The van der Waals surface area contributed by atoms with Crippen molar-refractivity contribution in [1.82, 2.24) is 19.8 Å². The van der Waals surface area contributed by atoms with Gasteiger partial charge in [-0.3, -0.25) is 4.79 Å². The molecule has 0 saturated heterocycles. The predicted molar refractivity (Wildman–Crippen MR) is 124 cm³/mol. The molecule has 1 aromatic heterocycles. The maximum atomic E-state index is 13.1. The van der Waals surface area contributed by atoms with Crippen LogP contribution in [0.4, 0.5) is 0 Å². The maximum absolute atomic E-state index is 13.1. The smallest absolute Gasteiger partial charge is 0.233 e. The molecule has 0 bridgehead atoms. The summed E-state index contributed by atoms with van der Waals surface area (Å²) in [6.07, 6.45) is 0. The van der Waals surface area contributed by atoms with E-state index >= 15 is 0 Å². The van der Waals surface area contributed by atoms with Gasteiger partial charge < -0.3 is 10.7 Å². The molecule has 1 heterocycles. The van der Waals surface area contributed by atoms with Crippen molar-refractivity contribution >= 4 is 17.7 Å². The highest BCUT2D eigenvalue weighted by Gasteiger charge is 2.24. The Morgan fingerprint density at radius 2 is 1.42 bits per heavy atom. The zero-order valence-electron chi connectivity index (χ0n) is 17.1. The molecule has 0 aliphatic heterocycles. The van der Waals surface area contributed by atoms with Gasteiger partial charge in [0.05, 0.1) is 11.8 Å². The number of nitrogens with two attached hydrogens (primary N) is 1. The van der Waals surface area contributed by atoms with Crippen molar-refractivity contribution in [2.24, 2.45) is 0 Å². The lowest BCUT2D eigenvalue weighted by Crippen LogP contribution is -2.33. The van der Waals surface area contributed by atoms with E-state index in [0.717, 1.165) is 16.7 Å². The minimum atomic E-state index is -0.175. The number of aromatic nitrogens is 3. The van der Waals surface area contributed by atoms with Gasteiger partial charge in [0.25, 0.3) is 0 Å². The number of carbonyl (C=O) groups is 1. The Hall–Kier alpha value is -3.58. The summed E-state index contributed by atoms with van der Waals surface area (Å²) in [5.41, 5.74) is 2.99. The van der Waals surface area contributed by atoms with Gasteiger partial charge in [0, 0.05) is 12.6 Å². The molecular weight excluding hydrogens is 406 g/mol. The van der Waals surface area contributed by atoms with Crippen LogP contribution in [0.15, 0.2) is 96.2 Å². The number of benzene rings is 3. The summed E-state index contributed by atoms with van der Waals surface area (Å²) in [5, 5.41) is 8.84. The second-order valence-corrected chi connectivity index (χ2v) is 8.00. The summed E-state index contributed by atoms with van der Waals surface area (Å²) < 4.78 is 1.43. The van der Waals surface area contributed by atoms with Crippen LogP contribution in [0.5, 0.6) is 0 Å². The molecule has 0 atom stereocenters. The molecule has 2 N–H and O–H groups in total. The maximum Gasteiger partial charge on any atom is 0.233 e. The highest BCUT2D eigenvalue weighted by atomic mass is 32.2. The largest absolute Gasteiger partial charge is 0.335 e. The van der Waals surface area contributed by atoms with Crippen molar-refractivity contribution in [2.75, 3.05) is 18.6 Å². The first-order valence-corrected chi connectivity index (χ1v) is 10.9. The Morgan fingerprint density at radius 3 is 1.97 bits per heavy atom. The lowest BCUT2D eigenvalue weighted by molar-refractivity contribution is -0.128. The SMILES string of the molecule is CN(C(=O)CSc1nnc(-c2ccccc2)n1N)C(c1ccccc1)c1ccccc1. The van der Waals surface area contributed by atoms with Crippen molar-refractivity contribution in [2.45, 2.75) is 11.2 Å². The van der Waals surface area contributed by atoms with Crippen LogP contribution in [0.3, 0.4) is 0 Å². The van der Waals surface area contributed by atoms with E-state index < -0.39 is 0 Å². The van der Waals surface area contributed by atoms with Crippen LogP contribution < -0.4 is 5.84 Å². The first kappa shape index (κ1) is 20.7.